The molecule has 0 saturated carbocycles. The van der Waals surface area contributed by atoms with Crippen LogP contribution in [0.4, 0.5) is 8.78 Å². The molecule has 0 bridgehead atoms. The minimum Gasteiger partial charge on any atom is -0.313 e. The Kier molecular flexibility index (Phi) is 5.20. The highest BCUT2D eigenvalue weighted by molar-refractivity contribution is 9.10. The zero-order valence-electron chi connectivity index (χ0n) is 11.0. The molecule has 1 aromatic carbocycles. The lowest BCUT2D eigenvalue weighted by atomic mass is 10.00. The zero-order chi connectivity index (χ0) is 14.5. The average Bonchev–Trinajstić information content (AvgIpc) is 2.47. The summed E-state index contributed by atoms with van der Waals surface area (Å²) < 4.78 is 28.2. The Morgan fingerprint density at radius 2 is 2.05 bits per heavy atom. The number of pyridine rings is 1. The van der Waals surface area contributed by atoms with E-state index >= 15 is 0 Å². The summed E-state index contributed by atoms with van der Waals surface area (Å²) in [6.07, 6.45) is 2.93. The van der Waals surface area contributed by atoms with Crippen LogP contribution in [0.5, 0.6) is 0 Å². The van der Waals surface area contributed by atoms with Gasteiger partial charge in [-0.1, -0.05) is 6.07 Å². The average molecular weight is 341 g/mol. The zero-order valence-corrected chi connectivity index (χ0v) is 12.6. The summed E-state index contributed by atoms with van der Waals surface area (Å²) in [7, 11) is 1.70. The van der Waals surface area contributed by atoms with Crippen molar-refractivity contribution in [2.75, 3.05) is 7.05 Å². The van der Waals surface area contributed by atoms with E-state index in [0.717, 1.165) is 5.69 Å². The quantitative estimate of drug-likeness (QED) is 0.831. The minimum atomic E-state index is -0.551. The highest BCUT2D eigenvalue weighted by Gasteiger charge is 2.20. The lowest BCUT2D eigenvalue weighted by Gasteiger charge is -2.18. The molecular formula is C15H15BrF2N2. The molecule has 106 valence electrons. The first-order valence-electron chi connectivity index (χ1n) is 6.34. The van der Waals surface area contributed by atoms with E-state index in [2.05, 4.69) is 26.2 Å². The fraction of sp³-hybridized carbons (Fsp3) is 0.267. The van der Waals surface area contributed by atoms with Crippen LogP contribution in [0, 0.1) is 11.6 Å². The van der Waals surface area contributed by atoms with Gasteiger partial charge in [0, 0.05) is 23.5 Å². The van der Waals surface area contributed by atoms with Crippen molar-refractivity contribution in [3.63, 3.8) is 0 Å². The van der Waals surface area contributed by atoms with Gasteiger partial charge in [-0.2, -0.15) is 0 Å². The highest BCUT2D eigenvalue weighted by Crippen LogP contribution is 2.28. The number of rotatable bonds is 5. The van der Waals surface area contributed by atoms with Gasteiger partial charge in [0.15, 0.2) is 0 Å². The smallest absolute Gasteiger partial charge is 0.145 e. The maximum absolute atomic E-state index is 14.1. The van der Waals surface area contributed by atoms with Crippen molar-refractivity contribution in [1.29, 1.82) is 0 Å². The van der Waals surface area contributed by atoms with Crippen molar-refractivity contribution < 1.29 is 8.78 Å². The van der Waals surface area contributed by atoms with Gasteiger partial charge in [-0.25, -0.2) is 8.78 Å². The number of hydrogen-bond acceptors (Lipinski definition) is 2. The van der Waals surface area contributed by atoms with Crippen molar-refractivity contribution in [2.24, 2.45) is 0 Å². The minimum absolute atomic E-state index is 0.0674. The molecule has 2 rings (SSSR count). The predicted molar refractivity (Wildman–Crippen MR) is 78.4 cm³/mol. The Morgan fingerprint density at radius 3 is 2.70 bits per heavy atom. The van der Waals surface area contributed by atoms with Gasteiger partial charge in [-0.3, -0.25) is 4.98 Å². The Morgan fingerprint density at radius 1 is 1.25 bits per heavy atom. The van der Waals surface area contributed by atoms with Gasteiger partial charge in [-0.05, 0) is 60.1 Å². The Hall–Kier alpha value is -1.33. The van der Waals surface area contributed by atoms with Gasteiger partial charge < -0.3 is 5.32 Å². The monoisotopic (exact) mass is 340 g/mol. The number of nitrogens with one attached hydrogen (secondary N) is 1. The summed E-state index contributed by atoms with van der Waals surface area (Å²) in [5, 5.41) is 2.97. The van der Waals surface area contributed by atoms with Crippen LogP contribution in [-0.2, 0) is 6.42 Å². The van der Waals surface area contributed by atoms with Crippen LogP contribution in [0.25, 0.3) is 0 Å². The van der Waals surface area contributed by atoms with Crippen LogP contribution >= 0.6 is 15.9 Å². The standard InChI is InChI=1S/C15H15BrF2N2/c1-19-13(8-5-10-4-2-3-9-20-10)14-12(17)7-6-11(16)15(14)18/h2-4,6-7,9,13,19H,5,8H2,1H3. The van der Waals surface area contributed by atoms with Gasteiger partial charge >= 0.3 is 0 Å². The highest BCUT2D eigenvalue weighted by atomic mass is 79.9. The first kappa shape index (κ1) is 15.1. The lowest BCUT2D eigenvalue weighted by Crippen LogP contribution is -2.20. The molecule has 0 saturated heterocycles. The Balaban J connectivity index is 2.19. The Labute approximate surface area is 125 Å². The second-order valence-corrected chi connectivity index (χ2v) is 5.31. The maximum Gasteiger partial charge on any atom is 0.145 e. The van der Waals surface area contributed by atoms with Crippen LogP contribution < -0.4 is 5.32 Å². The normalized spacial score (nSPS) is 12.4. The molecule has 1 unspecified atom stereocenters. The van der Waals surface area contributed by atoms with Gasteiger partial charge in [-0.15, -0.1) is 0 Å². The molecule has 0 aliphatic carbocycles. The van der Waals surface area contributed by atoms with Crippen LogP contribution in [-0.4, -0.2) is 12.0 Å². The largest absolute Gasteiger partial charge is 0.313 e. The molecule has 1 atom stereocenters. The molecule has 2 nitrogen and oxygen atoms in total. The van der Waals surface area contributed by atoms with Crippen LogP contribution in [0.2, 0.25) is 0 Å². The molecule has 1 heterocycles. The fourth-order valence-electron chi connectivity index (χ4n) is 2.13. The van der Waals surface area contributed by atoms with Crippen LogP contribution in [0.3, 0.4) is 0 Å². The fourth-order valence-corrected chi connectivity index (χ4v) is 2.48. The molecule has 0 amide bonds. The van der Waals surface area contributed by atoms with Crippen molar-refractivity contribution in [1.82, 2.24) is 10.3 Å². The van der Waals surface area contributed by atoms with E-state index in [4.69, 9.17) is 0 Å². The lowest BCUT2D eigenvalue weighted by molar-refractivity contribution is 0.468. The van der Waals surface area contributed by atoms with E-state index in [-0.39, 0.29) is 10.0 Å². The maximum atomic E-state index is 14.1. The van der Waals surface area contributed by atoms with Crippen molar-refractivity contribution >= 4 is 15.9 Å². The van der Waals surface area contributed by atoms with Crippen molar-refractivity contribution in [3.05, 3.63) is 63.9 Å². The number of benzene rings is 1. The SMILES string of the molecule is CNC(CCc1ccccn1)c1c(F)ccc(Br)c1F. The summed E-state index contributed by atoms with van der Waals surface area (Å²) >= 11 is 3.09. The summed E-state index contributed by atoms with van der Waals surface area (Å²) in [5.74, 6) is -1.09. The second-order valence-electron chi connectivity index (χ2n) is 4.46. The van der Waals surface area contributed by atoms with Gasteiger partial charge in [0.1, 0.15) is 11.6 Å². The van der Waals surface area contributed by atoms with E-state index in [1.54, 1.807) is 13.2 Å². The topological polar surface area (TPSA) is 24.9 Å². The molecule has 1 aromatic heterocycles. The van der Waals surface area contributed by atoms with Crippen LogP contribution in [0.1, 0.15) is 23.7 Å². The molecular weight excluding hydrogens is 326 g/mol. The third kappa shape index (κ3) is 3.41. The van der Waals surface area contributed by atoms with Crippen LogP contribution in [0.15, 0.2) is 41.0 Å². The number of nitrogens with zero attached hydrogens (tertiary/aromatic N) is 1. The van der Waals surface area contributed by atoms with Gasteiger partial charge in [0.2, 0.25) is 0 Å². The van der Waals surface area contributed by atoms with E-state index in [9.17, 15) is 8.78 Å². The predicted octanol–water partition coefficient (Wildman–Crippen LogP) is 4.02. The molecule has 0 aliphatic heterocycles. The molecule has 2 aromatic rings. The Bertz CT molecular complexity index is 576. The summed E-state index contributed by atoms with van der Waals surface area (Å²) in [6, 6.07) is 7.89. The molecule has 20 heavy (non-hydrogen) atoms. The number of aromatic nitrogens is 1. The molecule has 0 fully saturated rings. The van der Waals surface area contributed by atoms with E-state index < -0.39 is 17.7 Å². The molecule has 0 spiro atoms. The molecule has 0 aliphatic rings. The van der Waals surface area contributed by atoms with E-state index in [0.29, 0.717) is 12.8 Å². The van der Waals surface area contributed by atoms with Gasteiger partial charge in [0.25, 0.3) is 0 Å². The molecule has 0 radical (unpaired) electrons. The molecule has 5 heteroatoms. The summed E-state index contributed by atoms with van der Waals surface area (Å²) in [6.45, 7) is 0. The second kappa shape index (κ2) is 6.90. The number of hydrogen-bond donors (Lipinski definition) is 1. The van der Waals surface area contributed by atoms with Crippen molar-refractivity contribution in [3.8, 4) is 0 Å². The van der Waals surface area contributed by atoms with E-state index in [1.165, 1.54) is 12.1 Å². The summed E-state index contributed by atoms with van der Waals surface area (Å²) in [5.41, 5.74) is 0.973. The third-order valence-corrected chi connectivity index (χ3v) is 3.80. The number of halogens is 3. The summed E-state index contributed by atoms with van der Waals surface area (Å²) in [4.78, 5) is 4.22. The van der Waals surface area contributed by atoms with Gasteiger partial charge in [0.05, 0.1) is 4.47 Å². The molecule has 1 N–H and O–H groups in total. The van der Waals surface area contributed by atoms with E-state index in [1.807, 2.05) is 18.2 Å². The first-order chi connectivity index (χ1) is 9.63. The van der Waals surface area contributed by atoms with Crippen molar-refractivity contribution in [2.45, 2.75) is 18.9 Å². The number of aryl methyl sites for hydroxylation is 1. The first-order valence-corrected chi connectivity index (χ1v) is 7.13. The third-order valence-electron chi connectivity index (χ3n) is 3.19.